The number of phenols is 2. The Hall–Kier alpha value is -1.75. The fourth-order valence-electron chi connectivity index (χ4n) is 1.69. The maximum absolute atomic E-state index is 11.3. The summed E-state index contributed by atoms with van der Waals surface area (Å²) in [6.07, 6.45) is 0. The van der Waals surface area contributed by atoms with Gasteiger partial charge in [-0.25, -0.2) is 0 Å². The third-order valence-corrected chi connectivity index (χ3v) is 2.88. The van der Waals surface area contributed by atoms with E-state index >= 15 is 0 Å². The average Bonchev–Trinajstić information content (AvgIpc) is 2.33. The molecule has 0 aliphatic rings. The molecule has 0 spiro atoms. The van der Waals surface area contributed by atoms with Crippen LogP contribution in [0, 0.1) is 5.92 Å². The Morgan fingerprint density at radius 3 is 2.47 bits per heavy atom. The minimum atomic E-state index is -0.0587. The molecule has 5 nitrogen and oxygen atoms in total. The number of carbonyl (C=O) groups excluding carboxylic acids is 1. The van der Waals surface area contributed by atoms with Crippen LogP contribution in [0.3, 0.4) is 0 Å². The highest BCUT2D eigenvalue weighted by Gasteiger charge is 2.10. The zero-order valence-electron chi connectivity index (χ0n) is 11.6. The van der Waals surface area contributed by atoms with Crippen LogP contribution in [0.4, 0.5) is 0 Å². The van der Waals surface area contributed by atoms with E-state index in [1.54, 1.807) is 6.07 Å². The van der Waals surface area contributed by atoms with E-state index in [2.05, 4.69) is 10.6 Å². The molecule has 4 N–H and O–H groups in total. The van der Waals surface area contributed by atoms with Crippen LogP contribution >= 0.6 is 0 Å². The summed E-state index contributed by atoms with van der Waals surface area (Å²) in [7, 11) is 0. The monoisotopic (exact) mass is 266 g/mol. The molecular formula is C14H22N2O3. The van der Waals surface area contributed by atoms with Gasteiger partial charge < -0.3 is 20.8 Å². The summed E-state index contributed by atoms with van der Waals surface area (Å²) in [6.45, 7) is 6.76. The van der Waals surface area contributed by atoms with E-state index in [9.17, 15) is 15.0 Å². The summed E-state index contributed by atoms with van der Waals surface area (Å²) in [5.41, 5.74) is 0.716. The van der Waals surface area contributed by atoms with Crippen LogP contribution < -0.4 is 10.6 Å². The molecular weight excluding hydrogens is 244 g/mol. The molecule has 19 heavy (non-hydrogen) atoms. The summed E-state index contributed by atoms with van der Waals surface area (Å²) in [4.78, 5) is 11.3. The lowest BCUT2D eigenvalue weighted by molar-refractivity contribution is -0.123. The highest BCUT2D eigenvalue weighted by atomic mass is 16.3. The topological polar surface area (TPSA) is 81.6 Å². The summed E-state index contributed by atoms with van der Waals surface area (Å²) in [5, 5.41) is 24.9. The van der Waals surface area contributed by atoms with Crippen molar-refractivity contribution in [2.45, 2.75) is 26.8 Å². The lowest BCUT2D eigenvalue weighted by atomic mass is 10.1. The first kappa shape index (κ1) is 15.3. The van der Waals surface area contributed by atoms with Gasteiger partial charge in [-0.1, -0.05) is 19.9 Å². The van der Waals surface area contributed by atoms with E-state index in [0.29, 0.717) is 18.7 Å². The minimum Gasteiger partial charge on any atom is -0.508 e. The van der Waals surface area contributed by atoms with Gasteiger partial charge >= 0.3 is 0 Å². The van der Waals surface area contributed by atoms with Gasteiger partial charge in [0.25, 0.3) is 0 Å². The zero-order valence-corrected chi connectivity index (χ0v) is 11.6. The van der Waals surface area contributed by atoms with Gasteiger partial charge in [-0.05, 0) is 13.0 Å². The number of amides is 1. The Morgan fingerprint density at radius 2 is 1.89 bits per heavy atom. The molecule has 0 fully saturated rings. The van der Waals surface area contributed by atoms with Gasteiger partial charge in [0.05, 0.1) is 0 Å². The Labute approximate surface area is 113 Å². The van der Waals surface area contributed by atoms with Gasteiger partial charge in [0.2, 0.25) is 5.91 Å². The lowest BCUT2D eigenvalue weighted by Crippen LogP contribution is -2.35. The molecule has 1 rings (SSSR count). The standard InChI is InChI=1S/C14H22N2O3/c1-9(2)14(19)16-7-6-15-10(3)12-5-4-11(17)8-13(12)18/h4-5,8-10,15,17-18H,6-7H2,1-3H3,(H,16,19). The largest absolute Gasteiger partial charge is 0.508 e. The van der Waals surface area contributed by atoms with Crippen molar-refractivity contribution in [2.75, 3.05) is 13.1 Å². The van der Waals surface area contributed by atoms with E-state index in [-0.39, 0.29) is 29.4 Å². The van der Waals surface area contributed by atoms with Crippen LogP contribution in [0.1, 0.15) is 32.4 Å². The maximum Gasteiger partial charge on any atom is 0.222 e. The molecule has 0 aliphatic heterocycles. The number of phenolic OH excluding ortho intramolecular Hbond substituents is 2. The second kappa shape index (κ2) is 6.99. The van der Waals surface area contributed by atoms with Crippen LogP contribution in [-0.4, -0.2) is 29.2 Å². The van der Waals surface area contributed by atoms with Gasteiger partial charge in [-0.3, -0.25) is 4.79 Å². The molecule has 1 amide bonds. The third-order valence-electron chi connectivity index (χ3n) is 2.88. The Bertz CT molecular complexity index is 433. The van der Waals surface area contributed by atoms with E-state index in [0.717, 1.165) is 0 Å². The first-order chi connectivity index (χ1) is 8.91. The van der Waals surface area contributed by atoms with Gasteiger partial charge in [-0.15, -0.1) is 0 Å². The molecule has 1 unspecified atom stereocenters. The van der Waals surface area contributed by atoms with Crippen molar-refractivity contribution in [1.82, 2.24) is 10.6 Å². The molecule has 0 aromatic heterocycles. The van der Waals surface area contributed by atoms with Crippen LogP contribution in [0.5, 0.6) is 11.5 Å². The molecule has 1 atom stereocenters. The van der Waals surface area contributed by atoms with Crippen LogP contribution in [0.15, 0.2) is 18.2 Å². The molecule has 0 heterocycles. The summed E-state index contributed by atoms with van der Waals surface area (Å²) in [5.74, 6) is 0.115. The van der Waals surface area contributed by atoms with Crippen LogP contribution in [-0.2, 0) is 4.79 Å². The quantitative estimate of drug-likeness (QED) is 0.588. The van der Waals surface area contributed by atoms with Crippen molar-refractivity contribution in [3.05, 3.63) is 23.8 Å². The van der Waals surface area contributed by atoms with Gasteiger partial charge in [0, 0.05) is 36.7 Å². The average molecular weight is 266 g/mol. The Balaban J connectivity index is 2.39. The minimum absolute atomic E-state index is 0.0152. The van der Waals surface area contributed by atoms with E-state index in [1.165, 1.54) is 12.1 Å². The molecule has 0 radical (unpaired) electrons. The number of carbonyl (C=O) groups is 1. The van der Waals surface area contributed by atoms with Crippen molar-refractivity contribution >= 4 is 5.91 Å². The van der Waals surface area contributed by atoms with Crippen molar-refractivity contribution in [3.8, 4) is 11.5 Å². The second-order valence-corrected chi connectivity index (χ2v) is 4.86. The molecule has 0 aliphatic carbocycles. The van der Waals surface area contributed by atoms with E-state index < -0.39 is 0 Å². The van der Waals surface area contributed by atoms with Crippen LogP contribution in [0.25, 0.3) is 0 Å². The van der Waals surface area contributed by atoms with Gasteiger partial charge in [0.1, 0.15) is 11.5 Å². The smallest absolute Gasteiger partial charge is 0.222 e. The Morgan fingerprint density at radius 1 is 1.21 bits per heavy atom. The predicted octanol–water partition coefficient (Wildman–Crippen LogP) is 1.52. The highest BCUT2D eigenvalue weighted by Crippen LogP contribution is 2.27. The van der Waals surface area contributed by atoms with E-state index in [1.807, 2.05) is 20.8 Å². The molecule has 0 saturated carbocycles. The maximum atomic E-state index is 11.3. The summed E-state index contributed by atoms with van der Waals surface area (Å²) >= 11 is 0. The van der Waals surface area contributed by atoms with Crippen LogP contribution in [0.2, 0.25) is 0 Å². The highest BCUT2D eigenvalue weighted by molar-refractivity contribution is 5.77. The first-order valence-electron chi connectivity index (χ1n) is 6.44. The van der Waals surface area contributed by atoms with Crippen molar-refractivity contribution in [2.24, 2.45) is 5.92 Å². The van der Waals surface area contributed by atoms with Crippen molar-refractivity contribution < 1.29 is 15.0 Å². The van der Waals surface area contributed by atoms with Gasteiger partial charge in [0.15, 0.2) is 0 Å². The second-order valence-electron chi connectivity index (χ2n) is 4.86. The Kier molecular flexibility index (Phi) is 5.63. The molecule has 106 valence electrons. The summed E-state index contributed by atoms with van der Waals surface area (Å²) in [6, 6.07) is 4.47. The fourth-order valence-corrected chi connectivity index (χ4v) is 1.69. The normalized spacial score (nSPS) is 12.4. The molecule has 1 aromatic carbocycles. The molecule has 0 saturated heterocycles. The molecule has 1 aromatic rings. The number of hydrogen-bond acceptors (Lipinski definition) is 4. The summed E-state index contributed by atoms with van der Waals surface area (Å²) < 4.78 is 0. The van der Waals surface area contributed by atoms with E-state index in [4.69, 9.17) is 0 Å². The molecule has 0 bridgehead atoms. The molecule has 5 heteroatoms. The zero-order chi connectivity index (χ0) is 14.4. The predicted molar refractivity (Wildman–Crippen MR) is 74.0 cm³/mol. The third kappa shape index (κ3) is 4.79. The van der Waals surface area contributed by atoms with Gasteiger partial charge in [-0.2, -0.15) is 0 Å². The number of benzene rings is 1. The van der Waals surface area contributed by atoms with Crippen molar-refractivity contribution in [3.63, 3.8) is 0 Å². The number of aromatic hydroxyl groups is 2. The fraction of sp³-hybridized carbons (Fsp3) is 0.500. The lowest BCUT2D eigenvalue weighted by Gasteiger charge is -2.16. The number of nitrogens with one attached hydrogen (secondary N) is 2. The number of hydrogen-bond donors (Lipinski definition) is 4. The number of rotatable bonds is 6. The first-order valence-corrected chi connectivity index (χ1v) is 6.44. The SMILES string of the molecule is CC(C)C(=O)NCCNC(C)c1ccc(O)cc1O. The van der Waals surface area contributed by atoms with Crippen molar-refractivity contribution in [1.29, 1.82) is 0 Å².